The average Bonchev–Trinajstić information content (AvgIpc) is 2.92. The van der Waals surface area contributed by atoms with Crippen LogP contribution in [0.2, 0.25) is 0 Å². The van der Waals surface area contributed by atoms with E-state index in [9.17, 15) is 8.42 Å². The highest BCUT2D eigenvalue weighted by Gasteiger charge is 2.19. The third-order valence-electron chi connectivity index (χ3n) is 2.64. The number of nitrogens with one attached hydrogen (secondary N) is 2. The predicted octanol–water partition coefficient (Wildman–Crippen LogP) is -0.0175. The standard InChI is InChI=1S/C10H16N6O2S/c1-7-10(8(2)14-13-7)15-19(17,18)9-5-12-16(6-9)4-3-11/h5-6,15H,3-4,11H2,1-2H3,(H,13,14). The van der Waals surface area contributed by atoms with Crippen molar-refractivity contribution in [3.8, 4) is 0 Å². The zero-order valence-corrected chi connectivity index (χ0v) is 11.5. The first kappa shape index (κ1) is 13.6. The minimum absolute atomic E-state index is 0.0981. The second-order valence-corrected chi connectivity index (χ2v) is 5.82. The molecule has 4 N–H and O–H groups in total. The third-order valence-corrected chi connectivity index (χ3v) is 3.95. The van der Waals surface area contributed by atoms with Crippen molar-refractivity contribution in [2.45, 2.75) is 25.3 Å². The van der Waals surface area contributed by atoms with Crippen LogP contribution in [-0.2, 0) is 16.6 Å². The molecule has 0 amide bonds. The highest BCUT2D eigenvalue weighted by Crippen LogP contribution is 2.20. The number of aryl methyl sites for hydroxylation is 2. The molecule has 8 nitrogen and oxygen atoms in total. The zero-order valence-electron chi connectivity index (χ0n) is 10.7. The van der Waals surface area contributed by atoms with Crippen molar-refractivity contribution < 1.29 is 8.42 Å². The molecule has 0 radical (unpaired) electrons. The Balaban J connectivity index is 2.27. The highest BCUT2D eigenvalue weighted by atomic mass is 32.2. The number of hydrogen-bond acceptors (Lipinski definition) is 5. The lowest BCUT2D eigenvalue weighted by Gasteiger charge is -2.05. The van der Waals surface area contributed by atoms with Gasteiger partial charge in [0, 0.05) is 12.7 Å². The first-order chi connectivity index (χ1) is 8.94. The molecule has 2 aromatic heterocycles. The summed E-state index contributed by atoms with van der Waals surface area (Å²) in [6, 6.07) is 0. The summed E-state index contributed by atoms with van der Waals surface area (Å²) in [6.07, 6.45) is 2.74. The largest absolute Gasteiger partial charge is 0.329 e. The number of nitrogens with two attached hydrogens (primary N) is 1. The number of sulfonamides is 1. The maximum absolute atomic E-state index is 12.2. The van der Waals surface area contributed by atoms with Gasteiger partial charge in [-0.3, -0.25) is 14.5 Å². The normalized spacial score (nSPS) is 11.7. The van der Waals surface area contributed by atoms with E-state index >= 15 is 0 Å². The summed E-state index contributed by atoms with van der Waals surface area (Å²) in [5.41, 5.74) is 7.11. The summed E-state index contributed by atoms with van der Waals surface area (Å²) in [6.45, 7) is 4.34. The lowest BCUT2D eigenvalue weighted by Crippen LogP contribution is -2.14. The second-order valence-electron chi connectivity index (χ2n) is 4.14. The second kappa shape index (κ2) is 5.02. The highest BCUT2D eigenvalue weighted by molar-refractivity contribution is 7.92. The number of anilines is 1. The Bertz CT molecular complexity index is 653. The molecule has 2 aromatic rings. The predicted molar refractivity (Wildman–Crippen MR) is 70.2 cm³/mol. The molecule has 0 aromatic carbocycles. The zero-order chi connectivity index (χ0) is 14.0. The molecular formula is C10H16N6O2S. The Hall–Kier alpha value is -1.87. The quantitative estimate of drug-likeness (QED) is 0.713. The van der Waals surface area contributed by atoms with Crippen LogP contribution in [0.3, 0.4) is 0 Å². The van der Waals surface area contributed by atoms with Crippen molar-refractivity contribution in [1.82, 2.24) is 20.0 Å². The molecule has 0 spiro atoms. The van der Waals surface area contributed by atoms with Crippen molar-refractivity contribution in [1.29, 1.82) is 0 Å². The summed E-state index contributed by atoms with van der Waals surface area (Å²) in [7, 11) is -3.66. The Morgan fingerprint density at radius 1 is 1.47 bits per heavy atom. The fourth-order valence-electron chi connectivity index (χ4n) is 1.63. The number of hydrogen-bond donors (Lipinski definition) is 3. The number of aromatic nitrogens is 4. The maximum Gasteiger partial charge on any atom is 0.265 e. The van der Waals surface area contributed by atoms with E-state index in [1.807, 2.05) is 0 Å². The molecule has 0 saturated heterocycles. The van der Waals surface area contributed by atoms with Gasteiger partial charge in [-0.05, 0) is 13.8 Å². The van der Waals surface area contributed by atoms with Gasteiger partial charge in [-0.15, -0.1) is 0 Å². The van der Waals surface area contributed by atoms with Crippen LogP contribution < -0.4 is 10.5 Å². The fraction of sp³-hybridized carbons (Fsp3) is 0.400. The van der Waals surface area contributed by atoms with E-state index in [2.05, 4.69) is 20.0 Å². The van der Waals surface area contributed by atoms with Gasteiger partial charge in [0.15, 0.2) is 0 Å². The van der Waals surface area contributed by atoms with E-state index in [1.54, 1.807) is 13.8 Å². The molecule has 2 rings (SSSR count). The Morgan fingerprint density at radius 2 is 2.21 bits per heavy atom. The van der Waals surface area contributed by atoms with E-state index in [0.717, 1.165) is 0 Å². The SMILES string of the molecule is Cc1n[nH]c(C)c1NS(=O)(=O)c1cnn(CCN)c1. The molecular weight excluding hydrogens is 268 g/mol. The summed E-state index contributed by atoms with van der Waals surface area (Å²) < 4.78 is 28.4. The van der Waals surface area contributed by atoms with Crippen LogP contribution >= 0.6 is 0 Å². The third kappa shape index (κ3) is 2.76. The number of aromatic amines is 1. The van der Waals surface area contributed by atoms with Crippen LogP contribution in [0.25, 0.3) is 0 Å². The van der Waals surface area contributed by atoms with Crippen LogP contribution in [-0.4, -0.2) is 34.9 Å². The Kier molecular flexibility index (Phi) is 3.58. The van der Waals surface area contributed by atoms with Crippen LogP contribution in [0.5, 0.6) is 0 Å². The van der Waals surface area contributed by atoms with Crippen molar-refractivity contribution in [3.63, 3.8) is 0 Å². The molecule has 0 aliphatic rings. The molecule has 0 aliphatic carbocycles. The first-order valence-electron chi connectivity index (χ1n) is 5.71. The van der Waals surface area contributed by atoms with Crippen LogP contribution in [0.1, 0.15) is 11.4 Å². The summed E-state index contributed by atoms with van der Waals surface area (Å²) in [5.74, 6) is 0. The van der Waals surface area contributed by atoms with Crippen LogP contribution in [0.15, 0.2) is 17.3 Å². The minimum Gasteiger partial charge on any atom is -0.329 e. The van der Waals surface area contributed by atoms with Gasteiger partial charge >= 0.3 is 0 Å². The number of rotatable bonds is 5. The topological polar surface area (TPSA) is 119 Å². The molecule has 2 heterocycles. The fourth-order valence-corrected chi connectivity index (χ4v) is 2.77. The molecule has 9 heteroatoms. The smallest absolute Gasteiger partial charge is 0.265 e. The number of H-pyrrole nitrogens is 1. The average molecular weight is 284 g/mol. The summed E-state index contributed by atoms with van der Waals surface area (Å²) in [4.78, 5) is 0.0981. The maximum atomic E-state index is 12.2. The first-order valence-corrected chi connectivity index (χ1v) is 7.19. The van der Waals surface area contributed by atoms with E-state index in [-0.39, 0.29) is 4.90 Å². The molecule has 0 unspecified atom stereocenters. The van der Waals surface area contributed by atoms with E-state index < -0.39 is 10.0 Å². The van der Waals surface area contributed by atoms with Gasteiger partial charge in [0.05, 0.1) is 29.8 Å². The van der Waals surface area contributed by atoms with Crippen molar-refractivity contribution in [3.05, 3.63) is 23.8 Å². The Labute approximate surface area is 111 Å². The summed E-state index contributed by atoms with van der Waals surface area (Å²) >= 11 is 0. The van der Waals surface area contributed by atoms with E-state index in [1.165, 1.54) is 17.1 Å². The van der Waals surface area contributed by atoms with Crippen LogP contribution in [0.4, 0.5) is 5.69 Å². The van der Waals surface area contributed by atoms with Crippen LogP contribution in [0, 0.1) is 13.8 Å². The van der Waals surface area contributed by atoms with Gasteiger partial charge in [-0.2, -0.15) is 10.2 Å². The van der Waals surface area contributed by atoms with Gasteiger partial charge in [-0.1, -0.05) is 0 Å². The lowest BCUT2D eigenvalue weighted by molar-refractivity contribution is 0.599. The molecule has 0 bridgehead atoms. The van der Waals surface area contributed by atoms with Gasteiger partial charge < -0.3 is 5.73 Å². The van der Waals surface area contributed by atoms with Crippen molar-refractivity contribution in [2.24, 2.45) is 5.73 Å². The minimum atomic E-state index is -3.66. The van der Waals surface area contributed by atoms with Gasteiger partial charge in [0.2, 0.25) is 0 Å². The molecule has 19 heavy (non-hydrogen) atoms. The molecule has 0 fully saturated rings. The monoisotopic (exact) mass is 284 g/mol. The van der Waals surface area contributed by atoms with Crippen molar-refractivity contribution in [2.75, 3.05) is 11.3 Å². The lowest BCUT2D eigenvalue weighted by atomic mass is 10.3. The Morgan fingerprint density at radius 3 is 2.79 bits per heavy atom. The molecule has 0 saturated carbocycles. The van der Waals surface area contributed by atoms with Crippen molar-refractivity contribution >= 4 is 15.7 Å². The molecule has 104 valence electrons. The molecule has 0 atom stereocenters. The van der Waals surface area contributed by atoms with Gasteiger partial charge in [-0.25, -0.2) is 8.42 Å². The van der Waals surface area contributed by atoms with E-state index in [4.69, 9.17) is 5.73 Å². The summed E-state index contributed by atoms with van der Waals surface area (Å²) in [5, 5.41) is 10.6. The van der Waals surface area contributed by atoms with Gasteiger partial charge in [0.1, 0.15) is 4.90 Å². The van der Waals surface area contributed by atoms with E-state index in [0.29, 0.717) is 30.2 Å². The number of nitrogens with zero attached hydrogens (tertiary/aromatic N) is 3. The van der Waals surface area contributed by atoms with Gasteiger partial charge in [0.25, 0.3) is 10.0 Å². The molecule has 0 aliphatic heterocycles.